The van der Waals surface area contributed by atoms with Gasteiger partial charge in [0.05, 0.1) is 23.1 Å². The van der Waals surface area contributed by atoms with E-state index in [0.29, 0.717) is 5.02 Å². The summed E-state index contributed by atoms with van der Waals surface area (Å²) < 4.78 is 6.08. The number of nitrogens with zero attached hydrogens (tertiary/aromatic N) is 5. The average Bonchev–Trinajstić information content (AvgIpc) is 3.07. The van der Waals surface area contributed by atoms with Crippen LogP contribution in [-0.4, -0.2) is 19.1 Å². The second kappa shape index (κ2) is 3.71. The second-order valence-electron chi connectivity index (χ2n) is 4.93. The number of fused-ring (bicyclic) bond motifs is 5. The molecule has 5 rings (SSSR count). The number of hydrogen-bond acceptors (Lipinski definition) is 2. The number of rotatable bonds is 1. The van der Waals surface area contributed by atoms with Gasteiger partial charge in [0, 0.05) is 17.8 Å². The Bertz CT molecular complexity index is 1010. The number of halogens is 1. The Morgan fingerprint density at radius 2 is 2.10 bits per heavy atom. The third-order valence-electron chi connectivity index (χ3n) is 3.78. The first-order valence-corrected chi connectivity index (χ1v) is 6.93. The van der Waals surface area contributed by atoms with Gasteiger partial charge in [-0.05, 0) is 23.2 Å². The molecule has 6 heteroatoms. The summed E-state index contributed by atoms with van der Waals surface area (Å²) in [6.45, 7) is 0. The van der Waals surface area contributed by atoms with E-state index in [4.69, 9.17) is 11.6 Å². The summed E-state index contributed by atoms with van der Waals surface area (Å²) in [6.07, 6.45) is 9.58. The fourth-order valence-electron chi connectivity index (χ4n) is 2.85. The number of aromatic nitrogens is 5. The van der Waals surface area contributed by atoms with Crippen LogP contribution in [0.3, 0.4) is 0 Å². The van der Waals surface area contributed by atoms with Crippen LogP contribution < -0.4 is 4.68 Å². The molecule has 0 unspecified atom stereocenters. The first-order chi connectivity index (χ1) is 10.3. The molecular formula is C15H9ClN5+. The summed E-state index contributed by atoms with van der Waals surface area (Å²) in [4.78, 5) is 8.88. The van der Waals surface area contributed by atoms with Crippen LogP contribution in [0, 0.1) is 0 Å². The van der Waals surface area contributed by atoms with E-state index in [-0.39, 0.29) is 0 Å². The van der Waals surface area contributed by atoms with Crippen molar-refractivity contribution in [1.29, 1.82) is 0 Å². The molecule has 0 spiro atoms. The molecular weight excluding hydrogens is 286 g/mol. The third kappa shape index (κ3) is 1.33. The minimum Gasteiger partial charge on any atom is -0.298 e. The van der Waals surface area contributed by atoms with E-state index in [2.05, 4.69) is 14.6 Å². The van der Waals surface area contributed by atoms with Gasteiger partial charge in [-0.15, -0.1) is 4.68 Å². The molecule has 0 bridgehead atoms. The van der Waals surface area contributed by atoms with Crippen LogP contribution in [0.2, 0.25) is 5.02 Å². The molecule has 0 aliphatic carbocycles. The van der Waals surface area contributed by atoms with Crippen LogP contribution in [0.4, 0.5) is 0 Å². The molecule has 1 aliphatic heterocycles. The fraction of sp³-hybridized carbons (Fsp3) is 0. The lowest BCUT2D eigenvalue weighted by molar-refractivity contribution is -0.700. The summed E-state index contributed by atoms with van der Waals surface area (Å²) in [6, 6.07) is 7.76. The first-order valence-electron chi connectivity index (χ1n) is 6.55. The van der Waals surface area contributed by atoms with Gasteiger partial charge in [-0.3, -0.25) is 4.40 Å². The van der Waals surface area contributed by atoms with Crippen LogP contribution in [0.25, 0.3) is 28.4 Å². The Morgan fingerprint density at radius 3 is 3.05 bits per heavy atom. The monoisotopic (exact) mass is 294 g/mol. The topological polar surface area (TPSA) is 39.0 Å². The highest BCUT2D eigenvalue weighted by Gasteiger charge is 2.35. The molecule has 100 valence electrons. The zero-order chi connectivity index (χ0) is 14.0. The lowest BCUT2D eigenvalue weighted by atomic mass is 10.1. The highest BCUT2D eigenvalue weighted by Crippen LogP contribution is 2.32. The average molecular weight is 295 g/mol. The maximum atomic E-state index is 6.11. The summed E-state index contributed by atoms with van der Waals surface area (Å²) >= 11 is 6.11. The van der Waals surface area contributed by atoms with E-state index in [1.807, 2.05) is 64.3 Å². The molecule has 21 heavy (non-hydrogen) atoms. The van der Waals surface area contributed by atoms with Crippen molar-refractivity contribution in [3.05, 3.63) is 60.3 Å². The molecule has 4 aromatic rings. The summed E-state index contributed by atoms with van der Waals surface area (Å²) in [7, 11) is 0. The third-order valence-corrected chi connectivity index (χ3v) is 4.01. The molecule has 5 heterocycles. The molecule has 0 saturated heterocycles. The van der Waals surface area contributed by atoms with E-state index in [1.165, 1.54) is 0 Å². The normalized spacial score (nSPS) is 12.0. The van der Waals surface area contributed by atoms with Crippen LogP contribution in [0.5, 0.6) is 0 Å². The van der Waals surface area contributed by atoms with E-state index in [1.54, 1.807) is 0 Å². The van der Waals surface area contributed by atoms with Crippen LogP contribution in [0.1, 0.15) is 0 Å². The van der Waals surface area contributed by atoms with Gasteiger partial charge in [-0.1, -0.05) is 11.6 Å². The van der Waals surface area contributed by atoms with Crippen molar-refractivity contribution >= 4 is 17.2 Å². The number of hydrogen-bond donors (Lipinski definition) is 0. The highest BCUT2D eigenvalue weighted by molar-refractivity contribution is 6.30. The van der Waals surface area contributed by atoms with Crippen LogP contribution >= 0.6 is 11.6 Å². The molecule has 4 aromatic heterocycles. The first kappa shape index (κ1) is 11.0. The summed E-state index contributed by atoms with van der Waals surface area (Å²) in [5.41, 5.74) is 4.06. The molecule has 5 nitrogen and oxygen atoms in total. The van der Waals surface area contributed by atoms with Crippen molar-refractivity contribution in [2.75, 3.05) is 0 Å². The Morgan fingerprint density at radius 1 is 1.14 bits per heavy atom. The second-order valence-corrected chi connectivity index (χ2v) is 5.37. The predicted octanol–water partition coefficient (Wildman–Crippen LogP) is 2.43. The molecule has 0 fully saturated rings. The van der Waals surface area contributed by atoms with Gasteiger partial charge in [-0.2, -0.15) is 4.68 Å². The van der Waals surface area contributed by atoms with Crippen molar-refractivity contribution in [2.45, 2.75) is 0 Å². The highest BCUT2D eigenvalue weighted by atomic mass is 35.5. The van der Waals surface area contributed by atoms with Crippen molar-refractivity contribution in [3.8, 4) is 22.8 Å². The van der Waals surface area contributed by atoms with Gasteiger partial charge in [0.1, 0.15) is 18.0 Å². The molecule has 0 N–H and O–H groups in total. The van der Waals surface area contributed by atoms with E-state index >= 15 is 0 Å². The van der Waals surface area contributed by atoms with Gasteiger partial charge in [0.25, 0.3) is 0 Å². The van der Waals surface area contributed by atoms with Gasteiger partial charge < -0.3 is 0 Å². The molecule has 0 aromatic carbocycles. The number of imidazole rings is 1. The lowest BCUT2D eigenvalue weighted by Gasteiger charge is -2.17. The van der Waals surface area contributed by atoms with Crippen molar-refractivity contribution in [1.82, 2.24) is 19.1 Å². The summed E-state index contributed by atoms with van der Waals surface area (Å²) in [5, 5.41) is 0.686. The van der Waals surface area contributed by atoms with E-state index in [0.717, 1.165) is 28.4 Å². The van der Waals surface area contributed by atoms with Crippen molar-refractivity contribution < 1.29 is 4.68 Å². The maximum absolute atomic E-state index is 6.11. The smallest absolute Gasteiger partial charge is 0.298 e. The van der Waals surface area contributed by atoms with Crippen molar-refractivity contribution in [3.63, 3.8) is 0 Å². The minimum atomic E-state index is 0.686. The standard InChI is InChI=1S/C15H9ClN5/c16-10-2-3-13-18-8-12(19(13)9-10)11-4-5-17-15-14(11)20-6-1-7-21(15)20/h1-9H/q+1. The Labute approximate surface area is 124 Å². The Balaban J connectivity index is 1.82. The quantitative estimate of drug-likeness (QED) is 0.445. The van der Waals surface area contributed by atoms with Gasteiger partial charge in [0.2, 0.25) is 0 Å². The summed E-state index contributed by atoms with van der Waals surface area (Å²) in [5.74, 6) is 0.953. The van der Waals surface area contributed by atoms with Crippen molar-refractivity contribution in [2.24, 2.45) is 0 Å². The molecule has 0 saturated carbocycles. The maximum Gasteiger partial charge on any atom is 0.375 e. The molecule has 0 atom stereocenters. The van der Waals surface area contributed by atoms with Gasteiger partial charge in [-0.25, -0.2) is 4.98 Å². The molecule has 1 aliphatic rings. The fourth-order valence-corrected chi connectivity index (χ4v) is 3.01. The van der Waals surface area contributed by atoms with Crippen LogP contribution in [0.15, 0.2) is 55.2 Å². The van der Waals surface area contributed by atoms with E-state index in [9.17, 15) is 0 Å². The van der Waals surface area contributed by atoms with Gasteiger partial charge in [0.15, 0.2) is 5.69 Å². The minimum absolute atomic E-state index is 0.686. The predicted molar refractivity (Wildman–Crippen MR) is 77.9 cm³/mol. The lowest BCUT2D eigenvalue weighted by Crippen LogP contribution is -2.50. The zero-order valence-electron chi connectivity index (χ0n) is 10.8. The van der Waals surface area contributed by atoms with Crippen LogP contribution in [-0.2, 0) is 0 Å². The van der Waals surface area contributed by atoms with E-state index < -0.39 is 0 Å². The Kier molecular flexibility index (Phi) is 1.95. The molecule has 0 amide bonds. The Hall–Kier alpha value is -2.66. The van der Waals surface area contributed by atoms with Gasteiger partial charge >= 0.3 is 5.82 Å². The molecule has 0 radical (unpaired) electrons. The largest absolute Gasteiger partial charge is 0.375 e. The zero-order valence-corrected chi connectivity index (χ0v) is 11.6. The number of pyridine rings is 2. The SMILES string of the molecule is Clc1ccc2ncc(-c3ccnc4c3-n3ccc[n+]3-4)n2c1.